The summed E-state index contributed by atoms with van der Waals surface area (Å²) in [6, 6.07) is 0.550. The van der Waals surface area contributed by atoms with Gasteiger partial charge in [0.15, 0.2) is 0 Å². The number of carbonyl (C=O) groups is 1. The predicted octanol–water partition coefficient (Wildman–Crippen LogP) is 0.629. The summed E-state index contributed by atoms with van der Waals surface area (Å²) in [5, 5.41) is 3.27. The molecule has 3 heteroatoms. The van der Waals surface area contributed by atoms with Gasteiger partial charge in [-0.05, 0) is 25.5 Å². The molecule has 1 heterocycles. The van der Waals surface area contributed by atoms with Gasteiger partial charge in [-0.1, -0.05) is 13.5 Å². The van der Waals surface area contributed by atoms with Crippen molar-refractivity contribution in [2.24, 2.45) is 5.92 Å². The maximum atomic E-state index is 11.3. The number of nitrogens with zero attached hydrogens (tertiary/aromatic N) is 1. The number of likely N-dealkylation sites (tertiary alicyclic amines) is 1. The minimum atomic E-state index is 0.0569. The third-order valence-corrected chi connectivity index (χ3v) is 2.76. The van der Waals surface area contributed by atoms with Crippen molar-refractivity contribution in [3.63, 3.8) is 0 Å². The van der Waals surface area contributed by atoms with Crippen LogP contribution in [0.25, 0.3) is 0 Å². The maximum absolute atomic E-state index is 11.3. The van der Waals surface area contributed by atoms with Gasteiger partial charge in [0, 0.05) is 19.1 Å². The second-order valence-corrected chi connectivity index (χ2v) is 3.65. The van der Waals surface area contributed by atoms with Gasteiger partial charge in [0.1, 0.15) is 0 Å². The lowest BCUT2D eigenvalue weighted by Gasteiger charge is -2.36. The van der Waals surface area contributed by atoms with E-state index >= 15 is 0 Å². The van der Waals surface area contributed by atoms with Crippen LogP contribution in [0, 0.1) is 5.92 Å². The quantitative estimate of drug-likeness (QED) is 0.635. The average molecular weight is 182 g/mol. The Balaban J connectivity index is 2.50. The fourth-order valence-electron chi connectivity index (χ4n) is 1.90. The molecule has 0 radical (unpaired) electrons. The van der Waals surface area contributed by atoms with Gasteiger partial charge in [0.25, 0.3) is 0 Å². The summed E-state index contributed by atoms with van der Waals surface area (Å²) in [6.45, 7) is 7.36. The van der Waals surface area contributed by atoms with Crippen molar-refractivity contribution >= 4 is 5.91 Å². The molecule has 0 bridgehead atoms. The van der Waals surface area contributed by atoms with E-state index in [4.69, 9.17) is 0 Å². The number of amides is 1. The van der Waals surface area contributed by atoms with E-state index in [0.717, 1.165) is 19.5 Å². The Kier molecular flexibility index (Phi) is 3.48. The highest BCUT2D eigenvalue weighted by Crippen LogP contribution is 2.16. The van der Waals surface area contributed by atoms with Crippen molar-refractivity contribution in [2.75, 3.05) is 20.1 Å². The molecular formula is C10H18N2O. The topological polar surface area (TPSA) is 32.3 Å². The van der Waals surface area contributed by atoms with E-state index in [1.165, 1.54) is 6.08 Å². The smallest absolute Gasteiger partial charge is 0.245 e. The van der Waals surface area contributed by atoms with E-state index in [9.17, 15) is 4.79 Å². The molecule has 2 unspecified atom stereocenters. The first kappa shape index (κ1) is 10.3. The Hall–Kier alpha value is -0.830. The standard InChI is InChI=1S/C10H18N2O/c1-4-10(13)12-6-5-9(11-3)8(2)7-12/h4,8-9,11H,1,5-7H2,2-3H3. The van der Waals surface area contributed by atoms with E-state index in [1.807, 2.05) is 11.9 Å². The third kappa shape index (κ3) is 2.31. The summed E-state index contributed by atoms with van der Waals surface area (Å²) in [7, 11) is 1.98. The fourth-order valence-corrected chi connectivity index (χ4v) is 1.90. The van der Waals surface area contributed by atoms with Crippen molar-refractivity contribution in [1.29, 1.82) is 0 Å². The van der Waals surface area contributed by atoms with Crippen molar-refractivity contribution in [3.05, 3.63) is 12.7 Å². The molecule has 13 heavy (non-hydrogen) atoms. The van der Waals surface area contributed by atoms with Crippen molar-refractivity contribution in [2.45, 2.75) is 19.4 Å². The molecule has 3 nitrogen and oxygen atoms in total. The molecule has 1 aliphatic rings. The number of hydrogen-bond donors (Lipinski definition) is 1. The molecule has 0 aliphatic carbocycles. The minimum Gasteiger partial charge on any atom is -0.339 e. The number of carbonyl (C=O) groups excluding carboxylic acids is 1. The molecule has 1 rings (SSSR count). The second kappa shape index (κ2) is 4.42. The summed E-state index contributed by atoms with van der Waals surface area (Å²) in [5.41, 5.74) is 0. The van der Waals surface area contributed by atoms with Crippen LogP contribution in [0.3, 0.4) is 0 Å². The Morgan fingerprint density at radius 3 is 2.85 bits per heavy atom. The van der Waals surface area contributed by atoms with Gasteiger partial charge < -0.3 is 10.2 Å². The second-order valence-electron chi connectivity index (χ2n) is 3.65. The lowest BCUT2D eigenvalue weighted by Crippen LogP contribution is -2.48. The van der Waals surface area contributed by atoms with E-state index in [1.54, 1.807) is 0 Å². The predicted molar refractivity (Wildman–Crippen MR) is 53.4 cm³/mol. The van der Waals surface area contributed by atoms with Crippen LogP contribution in [-0.4, -0.2) is 37.0 Å². The van der Waals surface area contributed by atoms with Crippen LogP contribution in [0.4, 0.5) is 0 Å². The van der Waals surface area contributed by atoms with Gasteiger partial charge in [-0.3, -0.25) is 4.79 Å². The zero-order valence-electron chi connectivity index (χ0n) is 8.42. The summed E-state index contributed by atoms with van der Waals surface area (Å²) in [6.07, 6.45) is 2.43. The summed E-state index contributed by atoms with van der Waals surface area (Å²) < 4.78 is 0. The molecule has 2 atom stereocenters. The van der Waals surface area contributed by atoms with Crippen molar-refractivity contribution < 1.29 is 4.79 Å². The summed E-state index contributed by atoms with van der Waals surface area (Å²) in [4.78, 5) is 13.2. The van der Waals surface area contributed by atoms with E-state index in [-0.39, 0.29) is 5.91 Å². The third-order valence-electron chi connectivity index (χ3n) is 2.76. The van der Waals surface area contributed by atoms with Crippen LogP contribution in [0.5, 0.6) is 0 Å². The zero-order valence-corrected chi connectivity index (χ0v) is 8.42. The largest absolute Gasteiger partial charge is 0.339 e. The zero-order chi connectivity index (χ0) is 9.84. The molecule has 0 aromatic heterocycles. The van der Waals surface area contributed by atoms with Crippen molar-refractivity contribution in [3.8, 4) is 0 Å². The SMILES string of the molecule is C=CC(=O)N1CCC(NC)C(C)C1. The maximum Gasteiger partial charge on any atom is 0.245 e. The molecule has 1 saturated heterocycles. The molecule has 1 fully saturated rings. The highest BCUT2D eigenvalue weighted by molar-refractivity contribution is 5.87. The van der Waals surface area contributed by atoms with Crippen LogP contribution in [-0.2, 0) is 4.79 Å². The van der Waals surface area contributed by atoms with Gasteiger partial charge in [0.05, 0.1) is 0 Å². The van der Waals surface area contributed by atoms with Crippen LogP contribution < -0.4 is 5.32 Å². The number of nitrogens with one attached hydrogen (secondary N) is 1. The van der Waals surface area contributed by atoms with Gasteiger partial charge in [-0.15, -0.1) is 0 Å². The summed E-state index contributed by atoms with van der Waals surface area (Å²) >= 11 is 0. The monoisotopic (exact) mass is 182 g/mol. The Bertz CT molecular complexity index is 203. The van der Waals surface area contributed by atoms with Gasteiger partial charge >= 0.3 is 0 Å². The lowest BCUT2D eigenvalue weighted by atomic mass is 9.94. The molecular weight excluding hydrogens is 164 g/mol. The van der Waals surface area contributed by atoms with E-state index in [2.05, 4.69) is 18.8 Å². The lowest BCUT2D eigenvalue weighted by molar-refractivity contribution is -0.127. The Labute approximate surface area is 79.8 Å². The molecule has 0 spiro atoms. The van der Waals surface area contributed by atoms with Gasteiger partial charge in [-0.2, -0.15) is 0 Å². The number of piperidine rings is 1. The highest BCUT2D eigenvalue weighted by atomic mass is 16.2. The number of rotatable bonds is 2. The fraction of sp³-hybridized carbons (Fsp3) is 0.700. The van der Waals surface area contributed by atoms with Crippen LogP contribution >= 0.6 is 0 Å². The Morgan fingerprint density at radius 1 is 1.69 bits per heavy atom. The highest BCUT2D eigenvalue weighted by Gasteiger charge is 2.26. The van der Waals surface area contributed by atoms with Crippen LogP contribution in [0.1, 0.15) is 13.3 Å². The molecule has 0 saturated carbocycles. The van der Waals surface area contributed by atoms with Crippen molar-refractivity contribution in [1.82, 2.24) is 10.2 Å². The van der Waals surface area contributed by atoms with Gasteiger partial charge in [-0.25, -0.2) is 0 Å². The first-order valence-electron chi connectivity index (χ1n) is 4.77. The Morgan fingerprint density at radius 2 is 2.38 bits per heavy atom. The van der Waals surface area contributed by atoms with Crippen LogP contribution in [0.15, 0.2) is 12.7 Å². The number of hydrogen-bond acceptors (Lipinski definition) is 2. The molecule has 1 aliphatic heterocycles. The average Bonchev–Trinajstić information content (AvgIpc) is 2.16. The first-order valence-corrected chi connectivity index (χ1v) is 4.77. The molecule has 74 valence electrons. The van der Waals surface area contributed by atoms with Crippen LogP contribution in [0.2, 0.25) is 0 Å². The summed E-state index contributed by atoms with van der Waals surface area (Å²) in [5.74, 6) is 0.587. The molecule has 1 N–H and O–H groups in total. The van der Waals surface area contributed by atoms with E-state index in [0.29, 0.717) is 12.0 Å². The molecule has 0 aromatic carbocycles. The minimum absolute atomic E-state index is 0.0569. The van der Waals surface area contributed by atoms with E-state index < -0.39 is 0 Å². The molecule has 1 amide bonds. The normalized spacial score (nSPS) is 28.6. The molecule has 0 aromatic rings. The first-order chi connectivity index (χ1) is 6.19. The van der Waals surface area contributed by atoms with Gasteiger partial charge in [0.2, 0.25) is 5.91 Å².